The average Bonchev–Trinajstić information content (AvgIpc) is 3.77. The molecule has 10 nitrogen and oxygen atoms in total. The third-order valence-electron chi connectivity index (χ3n) is 7.97. The third-order valence-corrected chi connectivity index (χ3v) is 8.96. The highest BCUT2D eigenvalue weighted by molar-refractivity contribution is 7.18. The second-order valence-corrected chi connectivity index (χ2v) is 11.6. The molecule has 3 N–H and O–H groups in total. The van der Waals surface area contributed by atoms with Crippen LogP contribution in [0.15, 0.2) is 49.1 Å². The molecule has 0 radical (unpaired) electrons. The maximum atomic E-state index is 14.0. The van der Waals surface area contributed by atoms with E-state index < -0.39 is 18.1 Å². The summed E-state index contributed by atoms with van der Waals surface area (Å²) in [6.45, 7) is 2.27. The second kappa shape index (κ2) is 12.7. The molecule has 0 unspecified atom stereocenters. The Morgan fingerprint density at radius 2 is 1.82 bits per heavy atom. The van der Waals surface area contributed by atoms with Crippen LogP contribution in [0.2, 0.25) is 0 Å². The van der Waals surface area contributed by atoms with Gasteiger partial charge in [0.2, 0.25) is 17.7 Å². The minimum atomic E-state index is -0.631. The molecule has 3 amide bonds. The van der Waals surface area contributed by atoms with Gasteiger partial charge in [-0.3, -0.25) is 19.0 Å². The van der Waals surface area contributed by atoms with Crippen LogP contribution in [0.25, 0.3) is 16.4 Å². The van der Waals surface area contributed by atoms with E-state index in [1.807, 2.05) is 41.1 Å². The molecule has 3 atom stereocenters. The molecule has 1 aromatic carbocycles. The van der Waals surface area contributed by atoms with E-state index in [0.29, 0.717) is 28.8 Å². The minimum absolute atomic E-state index is 0.0717. The summed E-state index contributed by atoms with van der Waals surface area (Å²) in [7, 11) is 1.73. The molecule has 2 aromatic heterocycles. The van der Waals surface area contributed by atoms with Gasteiger partial charge in [0.1, 0.15) is 29.1 Å². The molecule has 212 valence electrons. The van der Waals surface area contributed by atoms with Crippen LogP contribution in [0.1, 0.15) is 51.9 Å². The standard InChI is InChI=1S/C29H37N7O3S/c1-19(30-2)25(37)32-24(21-12-7-4-8-13-21)28(39)36-16-9-14-22(36)26(38)34-27-23(20-10-5-3-6-11-20)33-29(40-27)35-17-15-31-18-35/h3,5-6,10-11,15,17-19,21-22,24,30H,4,7-9,12-14,16H2,1-2H3,(H,32,37)(H,34,38)/t19-,22-,24-/m0/s1. The van der Waals surface area contributed by atoms with Crippen LogP contribution >= 0.6 is 11.3 Å². The monoisotopic (exact) mass is 563 g/mol. The number of benzene rings is 1. The number of imidazole rings is 1. The number of hydrogen-bond acceptors (Lipinski definition) is 7. The molecule has 0 spiro atoms. The van der Waals surface area contributed by atoms with E-state index in [4.69, 9.17) is 4.98 Å². The van der Waals surface area contributed by atoms with Gasteiger partial charge in [-0.1, -0.05) is 60.9 Å². The van der Waals surface area contributed by atoms with Crippen molar-refractivity contribution in [1.82, 2.24) is 30.1 Å². The Balaban J connectivity index is 1.38. The summed E-state index contributed by atoms with van der Waals surface area (Å²) in [5.41, 5.74) is 1.56. The zero-order valence-electron chi connectivity index (χ0n) is 23.0. The van der Waals surface area contributed by atoms with E-state index in [2.05, 4.69) is 20.9 Å². The van der Waals surface area contributed by atoms with Crippen molar-refractivity contribution in [2.75, 3.05) is 18.9 Å². The number of carbonyl (C=O) groups is 3. The van der Waals surface area contributed by atoms with Gasteiger partial charge in [0.05, 0.1) is 6.04 Å². The van der Waals surface area contributed by atoms with Crippen LogP contribution in [0, 0.1) is 5.92 Å². The van der Waals surface area contributed by atoms with E-state index in [1.165, 1.54) is 11.3 Å². The van der Waals surface area contributed by atoms with Crippen molar-refractivity contribution in [2.45, 2.75) is 70.0 Å². The van der Waals surface area contributed by atoms with E-state index >= 15 is 0 Å². The van der Waals surface area contributed by atoms with Gasteiger partial charge in [-0.2, -0.15) is 0 Å². The number of amides is 3. The summed E-state index contributed by atoms with van der Waals surface area (Å²) in [4.78, 5) is 51.2. The zero-order valence-corrected chi connectivity index (χ0v) is 23.8. The number of nitrogens with one attached hydrogen (secondary N) is 3. The number of nitrogens with zero attached hydrogens (tertiary/aromatic N) is 4. The molecule has 3 aromatic rings. The van der Waals surface area contributed by atoms with Gasteiger partial charge in [0.25, 0.3) is 0 Å². The molecule has 1 saturated carbocycles. The quantitative estimate of drug-likeness (QED) is 0.366. The molecule has 0 bridgehead atoms. The topological polar surface area (TPSA) is 121 Å². The fourth-order valence-corrected chi connectivity index (χ4v) is 6.55. The molecule has 3 heterocycles. The predicted octanol–water partition coefficient (Wildman–Crippen LogP) is 3.60. The Morgan fingerprint density at radius 3 is 2.52 bits per heavy atom. The summed E-state index contributed by atoms with van der Waals surface area (Å²) in [5, 5.41) is 10.4. The first kappa shape index (κ1) is 28.0. The molecular weight excluding hydrogens is 526 g/mol. The first-order valence-electron chi connectivity index (χ1n) is 14.1. The summed E-state index contributed by atoms with van der Waals surface area (Å²) < 4.78 is 1.81. The zero-order chi connectivity index (χ0) is 28.1. The number of hydrogen-bond donors (Lipinski definition) is 3. The number of thiazole rings is 1. The van der Waals surface area contributed by atoms with Crippen molar-refractivity contribution < 1.29 is 14.4 Å². The number of aromatic nitrogens is 3. The fraction of sp³-hybridized carbons (Fsp3) is 0.483. The molecule has 1 aliphatic heterocycles. The summed E-state index contributed by atoms with van der Waals surface area (Å²) >= 11 is 1.36. The van der Waals surface area contributed by atoms with Crippen LogP contribution in [0.4, 0.5) is 5.00 Å². The average molecular weight is 564 g/mol. The Labute approximate surface area is 238 Å². The highest BCUT2D eigenvalue weighted by Crippen LogP contribution is 2.36. The smallest absolute Gasteiger partial charge is 0.247 e. The van der Waals surface area contributed by atoms with Crippen LogP contribution in [0.5, 0.6) is 0 Å². The van der Waals surface area contributed by atoms with Gasteiger partial charge in [0.15, 0.2) is 5.13 Å². The van der Waals surface area contributed by atoms with Gasteiger partial charge in [-0.05, 0) is 45.6 Å². The summed E-state index contributed by atoms with van der Waals surface area (Å²) in [5.74, 6) is -0.521. The van der Waals surface area contributed by atoms with Crippen molar-refractivity contribution in [3.63, 3.8) is 0 Å². The third kappa shape index (κ3) is 6.10. The largest absolute Gasteiger partial charge is 0.343 e. The van der Waals surface area contributed by atoms with Gasteiger partial charge in [-0.15, -0.1) is 0 Å². The van der Waals surface area contributed by atoms with Crippen LogP contribution < -0.4 is 16.0 Å². The lowest BCUT2D eigenvalue weighted by molar-refractivity contribution is -0.142. The maximum Gasteiger partial charge on any atom is 0.247 e. The van der Waals surface area contributed by atoms with Crippen LogP contribution in [-0.4, -0.2) is 68.9 Å². The number of likely N-dealkylation sites (tertiary alicyclic amines) is 1. The van der Waals surface area contributed by atoms with Crippen LogP contribution in [0.3, 0.4) is 0 Å². The normalized spacial score (nSPS) is 19.2. The Hall–Kier alpha value is -3.57. The van der Waals surface area contributed by atoms with Gasteiger partial charge < -0.3 is 20.9 Å². The molecule has 2 fully saturated rings. The van der Waals surface area contributed by atoms with E-state index in [9.17, 15) is 14.4 Å². The Bertz CT molecular complexity index is 1300. The molecule has 2 aliphatic rings. The molecule has 1 saturated heterocycles. The second-order valence-electron chi connectivity index (χ2n) is 10.6. The Morgan fingerprint density at radius 1 is 1.05 bits per heavy atom. The highest BCUT2D eigenvalue weighted by Gasteiger charge is 2.41. The lowest BCUT2D eigenvalue weighted by Crippen LogP contribution is -2.57. The summed E-state index contributed by atoms with van der Waals surface area (Å²) in [6, 6.07) is 8.06. The number of carbonyl (C=O) groups excluding carboxylic acids is 3. The SMILES string of the molecule is CN[C@@H](C)C(=O)N[C@H](C(=O)N1CCC[C@H]1C(=O)Nc1sc(-n2ccnc2)nc1-c1ccccc1)C1CCCCC1. The minimum Gasteiger partial charge on any atom is -0.343 e. The molecule has 1 aliphatic carbocycles. The van der Waals surface area contributed by atoms with Gasteiger partial charge >= 0.3 is 0 Å². The van der Waals surface area contributed by atoms with E-state index in [1.54, 1.807) is 31.4 Å². The number of anilines is 1. The number of likely N-dealkylation sites (N-methyl/N-ethyl adjacent to an activating group) is 1. The molecule has 40 heavy (non-hydrogen) atoms. The van der Waals surface area contributed by atoms with E-state index in [-0.39, 0.29) is 23.6 Å². The van der Waals surface area contributed by atoms with Crippen molar-refractivity contribution in [3.8, 4) is 16.4 Å². The number of rotatable bonds is 9. The van der Waals surface area contributed by atoms with Crippen molar-refractivity contribution >= 4 is 34.1 Å². The maximum absolute atomic E-state index is 14.0. The highest BCUT2D eigenvalue weighted by atomic mass is 32.1. The first-order chi connectivity index (χ1) is 19.5. The molecule has 5 rings (SSSR count). The predicted molar refractivity (Wildman–Crippen MR) is 155 cm³/mol. The Kier molecular flexibility index (Phi) is 8.91. The fourth-order valence-electron chi connectivity index (χ4n) is 5.60. The summed E-state index contributed by atoms with van der Waals surface area (Å²) in [6.07, 6.45) is 11.5. The lowest BCUT2D eigenvalue weighted by atomic mass is 9.83. The van der Waals surface area contributed by atoms with Gasteiger partial charge in [-0.25, -0.2) is 9.97 Å². The van der Waals surface area contributed by atoms with Gasteiger partial charge in [0, 0.05) is 24.5 Å². The van der Waals surface area contributed by atoms with Crippen molar-refractivity contribution in [3.05, 3.63) is 49.1 Å². The van der Waals surface area contributed by atoms with Crippen LogP contribution in [-0.2, 0) is 14.4 Å². The molecular formula is C29H37N7O3S. The lowest BCUT2D eigenvalue weighted by Gasteiger charge is -2.35. The van der Waals surface area contributed by atoms with Crippen molar-refractivity contribution in [1.29, 1.82) is 0 Å². The van der Waals surface area contributed by atoms with E-state index in [0.717, 1.165) is 44.1 Å². The van der Waals surface area contributed by atoms with Crippen molar-refractivity contribution in [2.24, 2.45) is 5.92 Å². The molecule has 11 heteroatoms. The first-order valence-corrected chi connectivity index (χ1v) is 14.9.